The lowest BCUT2D eigenvalue weighted by Gasteiger charge is -2.29. The minimum Gasteiger partial charge on any atom is -0.383 e. The van der Waals surface area contributed by atoms with E-state index in [9.17, 15) is 4.79 Å². The van der Waals surface area contributed by atoms with Gasteiger partial charge in [0.25, 0.3) is 0 Å². The molecule has 1 amide bonds. The van der Waals surface area contributed by atoms with E-state index >= 15 is 0 Å². The fourth-order valence-corrected chi connectivity index (χ4v) is 3.51. The number of amides is 1. The number of nitrogens with zero attached hydrogens (tertiary/aromatic N) is 2. The van der Waals surface area contributed by atoms with E-state index < -0.39 is 0 Å². The Balaban J connectivity index is 1.53. The molecule has 23 heavy (non-hydrogen) atoms. The summed E-state index contributed by atoms with van der Waals surface area (Å²) in [5.74, 6) is 0.703. The van der Waals surface area contributed by atoms with Gasteiger partial charge >= 0.3 is 0 Å². The highest BCUT2D eigenvalue weighted by Gasteiger charge is 2.29. The van der Waals surface area contributed by atoms with E-state index in [0.717, 1.165) is 39.1 Å². The predicted octanol–water partition coefficient (Wildman–Crippen LogP) is 1.13. The lowest BCUT2D eigenvalue weighted by molar-refractivity contribution is -0.128. The lowest BCUT2D eigenvalue weighted by atomic mass is 9.98. The number of nitrogens with one attached hydrogen (secondary N) is 1. The van der Waals surface area contributed by atoms with Gasteiger partial charge in [-0.1, -0.05) is 12.1 Å². The molecule has 5 heteroatoms. The molecule has 5 nitrogen and oxygen atoms in total. The molecule has 1 unspecified atom stereocenters. The van der Waals surface area contributed by atoms with Crippen LogP contribution < -0.4 is 10.2 Å². The van der Waals surface area contributed by atoms with Crippen LogP contribution in [0.3, 0.4) is 0 Å². The summed E-state index contributed by atoms with van der Waals surface area (Å²) in [6, 6.07) is 8.89. The molecular weight excluding hydrogens is 290 g/mol. The molecule has 1 atom stereocenters. The van der Waals surface area contributed by atoms with Crippen molar-refractivity contribution >= 4 is 11.6 Å². The minimum absolute atomic E-state index is 0.268. The fourth-order valence-electron chi connectivity index (χ4n) is 3.51. The third kappa shape index (κ3) is 4.24. The van der Waals surface area contributed by atoms with Crippen molar-refractivity contribution < 1.29 is 9.53 Å². The Morgan fingerprint density at radius 3 is 2.65 bits per heavy atom. The molecule has 2 fully saturated rings. The zero-order valence-electron chi connectivity index (χ0n) is 14.0. The summed E-state index contributed by atoms with van der Waals surface area (Å²) in [6.07, 6.45) is 1.65. The van der Waals surface area contributed by atoms with Gasteiger partial charge in [0.1, 0.15) is 0 Å². The number of rotatable bonds is 6. The maximum absolute atomic E-state index is 12.0. The van der Waals surface area contributed by atoms with Gasteiger partial charge in [-0.3, -0.25) is 4.79 Å². The zero-order chi connectivity index (χ0) is 16.1. The lowest BCUT2D eigenvalue weighted by Crippen LogP contribution is -2.43. The molecule has 126 valence electrons. The molecule has 1 aromatic rings. The molecule has 1 aromatic carbocycles. The average molecular weight is 317 g/mol. The van der Waals surface area contributed by atoms with Gasteiger partial charge in [-0.05, 0) is 30.0 Å². The molecule has 0 radical (unpaired) electrons. The summed E-state index contributed by atoms with van der Waals surface area (Å²) in [5, 5.41) is 3.38. The van der Waals surface area contributed by atoms with Gasteiger partial charge in [-0.2, -0.15) is 0 Å². The van der Waals surface area contributed by atoms with Gasteiger partial charge in [0.05, 0.1) is 6.61 Å². The number of carbonyl (C=O) groups is 1. The third-order valence-electron chi connectivity index (χ3n) is 4.80. The Morgan fingerprint density at radius 1 is 1.22 bits per heavy atom. The Kier molecular flexibility index (Phi) is 5.51. The second-order valence-corrected chi connectivity index (χ2v) is 6.51. The van der Waals surface area contributed by atoms with Crippen LogP contribution in [0.2, 0.25) is 0 Å². The van der Waals surface area contributed by atoms with Crippen molar-refractivity contribution in [1.29, 1.82) is 0 Å². The minimum atomic E-state index is 0.268. The summed E-state index contributed by atoms with van der Waals surface area (Å²) < 4.78 is 5.07. The first-order valence-corrected chi connectivity index (χ1v) is 8.57. The van der Waals surface area contributed by atoms with Gasteiger partial charge in [-0.25, -0.2) is 0 Å². The summed E-state index contributed by atoms with van der Waals surface area (Å²) in [5.41, 5.74) is 2.63. The van der Waals surface area contributed by atoms with Crippen LogP contribution in [0.1, 0.15) is 12.0 Å². The first kappa shape index (κ1) is 16.3. The largest absolute Gasteiger partial charge is 0.383 e. The number of piperazine rings is 1. The van der Waals surface area contributed by atoms with E-state index in [1.807, 2.05) is 4.90 Å². The number of likely N-dealkylation sites (tertiary alicyclic amines) is 1. The first-order valence-electron chi connectivity index (χ1n) is 8.57. The van der Waals surface area contributed by atoms with Gasteiger partial charge in [-0.15, -0.1) is 0 Å². The Labute approximate surface area is 138 Å². The molecular formula is C18H27N3O2. The maximum atomic E-state index is 12.0. The molecule has 0 saturated carbocycles. The van der Waals surface area contributed by atoms with Gasteiger partial charge in [0.15, 0.2) is 0 Å². The van der Waals surface area contributed by atoms with Gasteiger partial charge in [0.2, 0.25) is 5.91 Å². The van der Waals surface area contributed by atoms with Crippen molar-refractivity contribution in [2.75, 3.05) is 57.9 Å². The highest BCUT2D eigenvalue weighted by molar-refractivity contribution is 5.78. The number of hydrogen-bond acceptors (Lipinski definition) is 4. The average Bonchev–Trinajstić information content (AvgIpc) is 2.94. The Hall–Kier alpha value is -1.59. The molecule has 2 aliphatic rings. The van der Waals surface area contributed by atoms with Crippen LogP contribution in [-0.2, 0) is 16.0 Å². The number of benzene rings is 1. The van der Waals surface area contributed by atoms with E-state index in [1.165, 1.54) is 11.3 Å². The Bertz CT molecular complexity index is 512. The summed E-state index contributed by atoms with van der Waals surface area (Å²) in [4.78, 5) is 16.4. The maximum Gasteiger partial charge on any atom is 0.223 e. The highest BCUT2D eigenvalue weighted by Crippen LogP contribution is 2.23. The molecule has 0 bridgehead atoms. The number of anilines is 1. The van der Waals surface area contributed by atoms with Crippen LogP contribution in [-0.4, -0.2) is 63.8 Å². The van der Waals surface area contributed by atoms with Crippen molar-refractivity contribution in [3.8, 4) is 0 Å². The quantitative estimate of drug-likeness (QED) is 0.854. The summed E-state index contributed by atoms with van der Waals surface area (Å²) >= 11 is 0. The van der Waals surface area contributed by atoms with E-state index in [1.54, 1.807) is 7.11 Å². The van der Waals surface area contributed by atoms with Crippen LogP contribution in [0.4, 0.5) is 5.69 Å². The fraction of sp³-hybridized carbons (Fsp3) is 0.611. The second kappa shape index (κ2) is 7.79. The standard InChI is InChI=1S/C18H27N3O2/c1-23-11-10-21-14-16(13-18(21)22)12-15-2-4-17(5-3-15)20-8-6-19-7-9-20/h2-5,16,19H,6-14H2,1H3. The van der Waals surface area contributed by atoms with Crippen LogP contribution in [0.25, 0.3) is 0 Å². The Morgan fingerprint density at radius 2 is 1.96 bits per heavy atom. The number of carbonyl (C=O) groups excluding carboxylic acids is 1. The van der Waals surface area contributed by atoms with Crippen LogP contribution in [0.5, 0.6) is 0 Å². The smallest absolute Gasteiger partial charge is 0.223 e. The molecule has 2 saturated heterocycles. The topological polar surface area (TPSA) is 44.8 Å². The zero-order valence-corrected chi connectivity index (χ0v) is 14.0. The number of ether oxygens (including phenoxy) is 1. The molecule has 1 N–H and O–H groups in total. The molecule has 0 spiro atoms. The summed E-state index contributed by atoms with van der Waals surface area (Å²) in [7, 11) is 1.68. The van der Waals surface area contributed by atoms with E-state index in [-0.39, 0.29) is 5.91 Å². The van der Waals surface area contributed by atoms with Crippen molar-refractivity contribution in [3.63, 3.8) is 0 Å². The third-order valence-corrected chi connectivity index (χ3v) is 4.80. The SMILES string of the molecule is COCCN1CC(Cc2ccc(N3CCNCC3)cc2)CC1=O. The van der Waals surface area contributed by atoms with Crippen LogP contribution in [0, 0.1) is 5.92 Å². The van der Waals surface area contributed by atoms with Crippen LogP contribution in [0.15, 0.2) is 24.3 Å². The second-order valence-electron chi connectivity index (χ2n) is 6.51. The molecule has 3 rings (SSSR count). The highest BCUT2D eigenvalue weighted by atomic mass is 16.5. The predicted molar refractivity (Wildman–Crippen MR) is 91.8 cm³/mol. The number of hydrogen-bond donors (Lipinski definition) is 1. The van der Waals surface area contributed by atoms with Gasteiger partial charge in [0, 0.05) is 58.5 Å². The van der Waals surface area contributed by atoms with E-state index in [2.05, 4.69) is 34.5 Å². The van der Waals surface area contributed by atoms with Crippen molar-refractivity contribution in [3.05, 3.63) is 29.8 Å². The first-order chi connectivity index (χ1) is 11.3. The van der Waals surface area contributed by atoms with Crippen molar-refractivity contribution in [2.24, 2.45) is 5.92 Å². The van der Waals surface area contributed by atoms with Gasteiger partial charge < -0.3 is 19.9 Å². The molecule has 0 aliphatic carbocycles. The van der Waals surface area contributed by atoms with Crippen molar-refractivity contribution in [1.82, 2.24) is 10.2 Å². The molecule has 2 heterocycles. The summed E-state index contributed by atoms with van der Waals surface area (Å²) in [6.45, 7) is 6.47. The number of methoxy groups -OCH3 is 1. The van der Waals surface area contributed by atoms with Crippen LogP contribution >= 0.6 is 0 Å². The molecule has 2 aliphatic heterocycles. The van der Waals surface area contributed by atoms with E-state index in [0.29, 0.717) is 25.5 Å². The van der Waals surface area contributed by atoms with Crippen molar-refractivity contribution in [2.45, 2.75) is 12.8 Å². The van der Waals surface area contributed by atoms with E-state index in [4.69, 9.17) is 4.74 Å². The monoisotopic (exact) mass is 317 g/mol. The molecule has 0 aromatic heterocycles. The normalized spacial score (nSPS) is 22.0.